The lowest BCUT2D eigenvalue weighted by molar-refractivity contribution is -0.165. The van der Waals surface area contributed by atoms with E-state index in [-0.39, 0.29) is 11.5 Å². The molecule has 13 heavy (non-hydrogen) atoms. The molecule has 0 aromatic heterocycles. The van der Waals surface area contributed by atoms with Crippen molar-refractivity contribution in [2.24, 2.45) is 0 Å². The quantitative estimate of drug-likeness (QED) is 0.566. The van der Waals surface area contributed by atoms with Gasteiger partial charge >= 0.3 is 0 Å². The summed E-state index contributed by atoms with van der Waals surface area (Å²) in [4.78, 5) is 11.3. The summed E-state index contributed by atoms with van der Waals surface area (Å²) in [5.41, 5.74) is 0. The van der Waals surface area contributed by atoms with Crippen LogP contribution in [0.2, 0.25) is 0 Å². The van der Waals surface area contributed by atoms with Gasteiger partial charge in [-0.2, -0.15) is 0 Å². The first-order valence-corrected chi connectivity index (χ1v) is 5.90. The van der Waals surface area contributed by atoms with E-state index >= 15 is 0 Å². The molecule has 1 unspecified atom stereocenters. The Morgan fingerprint density at radius 2 is 1.77 bits per heavy atom. The van der Waals surface area contributed by atoms with Crippen LogP contribution in [0.25, 0.3) is 0 Å². The van der Waals surface area contributed by atoms with Crippen LogP contribution in [-0.2, 0) is 25.1 Å². The molecule has 0 saturated heterocycles. The summed E-state index contributed by atoms with van der Waals surface area (Å²) in [5.74, 6) is -0.269. The van der Waals surface area contributed by atoms with Gasteiger partial charge in [0.2, 0.25) is 12.1 Å². The van der Waals surface area contributed by atoms with Crippen LogP contribution in [-0.4, -0.2) is 41.5 Å². The van der Waals surface area contributed by atoms with E-state index in [0.29, 0.717) is 13.2 Å². The Morgan fingerprint density at radius 1 is 1.31 bits per heavy atom. The summed E-state index contributed by atoms with van der Waals surface area (Å²) < 4.78 is 20.8. The monoisotopic (exact) mass is 208 g/mol. The number of hydrogen-bond donors (Lipinski definition) is 0. The summed E-state index contributed by atoms with van der Waals surface area (Å²) >= 11 is 0. The third-order valence-corrected chi connectivity index (χ3v) is 1.94. The highest BCUT2D eigenvalue weighted by atomic mass is 32.2. The van der Waals surface area contributed by atoms with E-state index < -0.39 is 17.1 Å². The number of ether oxygens (including phenoxy) is 2. The number of carbonyl (C=O) groups is 1. The van der Waals surface area contributed by atoms with Crippen molar-refractivity contribution in [3.8, 4) is 0 Å². The second kappa shape index (κ2) is 7.17. The molecule has 5 heteroatoms. The number of carbonyl (C=O) groups excluding carboxylic acids is 1. The Hall–Kier alpha value is -0.260. The third-order valence-electron chi connectivity index (χ3n) is 1.24. The minimum atomic E-state index is -1.13. The third kappa shape index (κ3) is 5.90. The van der Waals surface area contributed by atoms with Gasteiger partial charge in [-0.25, -0.2) is 0 Å². The van der Waals surface area contributed by atoms with Crippen molar-refractivity contribution in [2.45, 2.75) is 20.1 Å². The molecular weight excluding hydrogens is 192 g/mol. The smallest absolute Gasteiger partial charge is 0.218 e. The van der Waals surface area contributed by atoms with Gasteiger partial charge in [-0.15, -0.1) is 0 Å². The minimum absolute atomic E-state index is 0.00926. The summed E-state index contributed by atoms with van der Waals surface area (Å²) in [6, 6.07) is 0. The average Bonchev–Trinajstić information content (AvgIpc) is 2.02. The molecule has 1 atom stereocenters. The zero-order valence-electron chi connectivity index (χ0n) is 8.24. The standard InChI is InChI=1S/C8H16O4S/c1-4-11-8(12-5-2)7(9)6-13(3)10/h8H,4-6H2,1-3H3. The molecule has 0 aliphatic carbocycles. The largest absolute Gasteiger partial charge is 0.346 e. The Bertz CT molecular complexity index is 175. The topological polar surface area (TPSA) is 52.6 Å². The van der Waals surface area contributed by atoms with E-state index in [1.54, 1.807) is 13.8 Å². The van der Waals surface area contributed by atoms with Crippen LogP contribution in [0.15, 0.2) is 0 Å². The van der Waals surface area contributed by atoms with Crippen LogP contribution in [0.1, 0.15) is 13.8 Å². The summed E-state index contributed by atoms with van der Waals surface area (Å²) in [7, 11) is -1.13. The Labute approximate surface area is 81.1 Å². The minimum Gasteiger partial charge on any atom is -0.346 e. The first-order chi connectivity index (χ1) is 6.11. The average molecular weight is 208 g/mol. The molecule has 0 aromatic carbocycles. The first kappa shape index (κ1) is 12.7. The van der Waals surface area contributed by atoms with Crippen molar-refractivity contribution in [1.82, 2.24) is 0 Å². The maximum absolute atomic E-state index is 11.3. The molecule has 0 aliphatic rings. The van der Waals surface area contributed by atoms with Crippen LogP contribution in [0, 0.1) is 0 Å². The SMILES string of the molecule is CCOC(OCC)C(=O)CS(C)=O. The Morgan fingerprint density at radius 3 is 2.08 bits per heavy atom. The lowest BCUT2D eigenvalue weighted by atomic mass is 10.4. The molecule has 0 fully saturated rings. The van der Waals surface area contributed by atoms with Crippen molar-refractivity contribution in [2.75, 3.05) is 25.2 Å². The predicted molar refractivity (Wildman–Crippen MR) is 51.0 cm³/mol. The van der Waals surface area contributed by atoms with Crippen LogP contribution in [0.4, 0.5) is 0 Å². The highest BCUT2D eigenvalue weighted by Crippen LogP contribution is 1.98. The molecule has 0 aromatic rings. The van der Waals surface area contributed by atoms with Crippen molar-refractivity contribution < 1.29 is 18.5 Å². The van der Waals surface area contributed by atoms with E-state index in [1.165, 1.54) is 6.26 Å². The molecule has 0 heterocycles. The molecule has 0 saturated carbocycles. The number of Topliss-reactive ketones (excluding diaryl/α,β-unsaturated/α-hetero) is 1. The van der Waals surface area contributed by atoms with Gasteiger partial charge < -0.3 is 9.47 Å². The van der Waals surface area contributed by atoms with Gasteiger partial charge in [0.25, 0.3) is 0 Å². The summed E-state index contributed by atoms with van der Waals surface area (Å²) in [5, 5.41) is 0. The van der Waals surface area contributed by atoms with Gasteiger partial charge in [0.05, 0.1) is 5.75 Å². The van der Waals surface area contributed by atoms with E-state index in [4.69, 9.17) is 9.47 Å². The maximum Gasteiger partial charge on any atom is 0.218 e. The molecule has 0 rings (SSSR count). The van der Waals surface area contributed by atoms with Gasteiger partial charge in [-0.05, 0) is 13.8 Å². The highest BCUT2D eigenvalue weighted by Gasteiger charge is 2.19. The molecular formula is C8H16O4S. The molecule has 4 nitrogen and oxygen atoms in total. The Balaban J connectivity index is 4.02. The van der Waals surface area contributed by atoms with Gasteiger partial charge in [0.15, 0.2) is 0 Å². The Kier molecular flexibility index (Phi) is 7.03. The van der Waals surface area contributed by atoms with Gasteiger partial charge in [-0.1, -0.05) is 0 Å². The van der Waals surface area contributed by atoms with Crippen LogP contribution in [0.5, 0.6) is 0 Å². The number of hydrogen-bond acceptors (Lipinski definition) is 4. The highest BCUT2D eigenvalue weighted by molar-refractivity contribution is 7.85. The number of rotatable bonds is 7. The van der Waals surface area contributed by atoms with E-state index in [0.717, 1.165) is 0 Å². The molecule has 0 radical (unpaired) electrons. The molecule has 0 amide bonds. The summed E-state index contributed by atoms with van der Waals surface area (Å²) in [6.45, 7) is 4.38. The molecule has 78 valence electrons. The second-order valence-electron chi connectivity index (χ2n) is 2.43. The van der Waals surface area contributed by atoms with E-state index in [2.05, 4.69) is 0 Å². The molecule has 0 spiro atoms. The van der Waals surface area contributed by atoms with E-state index in [1.807, 2.05) is 0 Å². The fourth-order valence-electron chi connectivity index (χ4n) is 0.805. The molecule has 0 aliphatic heterocycles. The van der Waals surface area contributed by atoms with Crippen molar-refractivity contribution >= 4 is 16.6 Å². The van der Waals surface area contributed by atoms with Crippen LogP contribution < -0.4 is 0 Å². The lowest BCUT2D eigenvalue weighted by Gasteiger charge is -2.14. The van der Waals surface area contributed by atoms with Gasteiger partial charge in [-0.3, -0.25) is 9.00 Å². The number of ketones is 1. The van der Waals surface area contributed by atoms with Crippen molar-refractivity contribution in [3.63, 3.8) is 0 Å². The summed E-state index contributed by atoms with van der Waals surface area (Å²) in [6.07, 6.45) is 0.631. The second-order valence-corrected chi connectivity index (χ2v) is 3.86. The maximum atomic E-state index is 11.3. The fraction of sp³-hybridized carbons (Fsp3) is 0.875. The fourth-order valence-corrected chi connectivity index (χ4v) is 1.34. The molecule has 0 N–H and O–H groups in total. The van der Waals surface area contributed by atoms with Crippen LogP contribution in [0.3, 0.4) is 0 Å². The van der Waals surface area contributed by atoms with E-state index in [9.17, 15) is 9.00 Å². The predicted octanol–water partition coefficient (Wildman–Crippen LogP) is 0.333. The first-order valence-electron chi connectivity index (χ1n) is 4.17. The van der Waals surface area contributed by atoms with Crippen molar-refractivity contribution in [3.05, 3.63) is 0 Å². The van der Waals surface area contributed by atoms with Gasteiger partial charge in [0, 0.05) is 30.3 Å². The van der Waals surface area contributed by atoms with Crippen LogP contribution >= 0.6 is 0 Å². The lowest BCUT2D eigenvalue weighted by Crippen LogP contribution is -2.31. The molecule has 0 bridgehead atoms. The zero-order valence-corrected chi connectivity index (χ0v) is 9.06. The van der Waals surface area contributed by atoms with Crippen molar-refractivity contribution in [1.29, 1.82) is 0 Å². The normalized spacial score (nSPS) is 13.2. The van der Waals surface area contributed by atoms with Gasteiger partial charge in [0.1, 0.15) is 0 Å². The zero-order chi connectivity index (χ0) is 10.3.